The van der Waals surface area contributed by atoms with Gasteiger partial charge in [0.25, 0.3) is 16.4 Å². The molecule has 0 unspecified atom stereocenters. The first-order valence-electron chi connectivity index (χ1n) is 10.2. The van der Waals surface area contributed by atoms with Gasteiger partial charge in [0.15, 0.2) is 0 Å². The van der Waals surface area contributed by atoms with E-state index in [-0.39, 0.29) is 36.1 Å². The second-order valence-electron chi connectivity index (χ2n) is 8.41. The van der Waals surface area contributed by atoms with Crippen LogP contribution in [0.15, 0.2) is 21.4 Å². The van der Waals surface area contributed by atoms with E-state index < -0.39 is 57.9 Å². The molecule has 2 aliphatic heterocycles. The van der Waals surface area contributed by atoms with Crippen molar-refractivity contribution in [3.8, 4) is 0 Å². The van der Waals surface area contributed by atoms with Crippen LogP contribution in [0.5, 0.6) is 0 Å². The molecular weight excluding hydrogens is 462 g/mol. The van der Waals surface area contributed by atoms with E-state index in [1.54, 1.807) is 0 Å². The molecule has 3 aliphatic rings. The number of halogens is 6. The van der Waals surface area contributed by atoms with Crippen molar-refractivity contribution in [3.63, 3.8) is 0 Å². The van der Waals surface area contributed by atoms with Gasteiger partial charge in [0.2, 0.25) is 0 Å². The predicted molar refractivity (Wildman–Crippen MR) is 106 cm³/mol. The summed E-state index contributed by atoms with van der Waals surface area (Å²) in [5.41, 5.74) is -0.371. The highest BCUT2D eigenvalue weighted by molar-refractivity contribution is 7.90. The molecule has 1 saturated carbocycles. The minimum Gasteiger partial charge on any atom is -0.358 e. The molecule has 6 nitrogen and oxygen atoms in total. The third-order valence-corrected chi connectivity index (χ3v) is 7.24. The normalized spacial score (nSPS) is 26.4. The van der Waals surface area contributed by atoms with Crippen LogP contribution in [0.4, 0.5) is 37.7 Å². The van der Waals surface area contributed by atoms with Crippen LogP contribution in [-0.2, 0) is 10.0 Å². The molecule has 0 radical (unpaired) electrons. The second-order valence-corrected chi connectivity index (χ2v) is 9.98. The van der Waals surface area contributed by atoms with E-state index in [0.29, 0.717) is 12.8 Å². The smallest absolute Gasteiger partial charge is 0.358 e. The fraction of sp³-hybridized carbons (Fsp3) is 0.632. The zero-order chi connectivity index (χ0) is 23.4. The number of fused-ring (bicyclic) bond motifs is 1. The van der Waals surface area contributed by atoms with Crippen molar-refractivity contribution in [2.45, 2.75) is 68.2 Å². The van der Waals surface area contributed by atoms with Crippen LogP contribution in [0.1, 0.15) is 32.6 Å². The molecule has 0 amide bonds. The fourth-order valence-electron chi connectivity index (χ4n) is 4.15. The molecule has 2 fully saturated rings. The predicted octanol–water partition coefficient (Wildman–Crippen LogP) is 3.89. The summed E-state index contributed by atoms with van der Waals surface area (Å²) >= 11 is 0. The van der Waals surface area contributed by atoms with Crippen molar-refractivity contribution in [2.24, 2.45) is 10.3 Å². The van der Waals surface area contributed by atoms with Gasteiger partial charge >= 0.3 is 6.18 Å². The van der Waals surface area contributed by atoms with Crippen molar-refractivity contribution in [1.82, 2.24) is 5.32 Å². The third-order valence-electron chi connectivity index (χ3n) is 5.93. The number of piperidine rings is 1. The van der Waals surface area contributed by atoms with E-state index in [9.17, 15) is 34.8 Å². The molecule has 32 heavy (non-hydrogen) atoms. The maximum absolute atomic E-state index is 14.3. The Bertz CT molecular complexity index is 1030. The molecule has 3 atom stereocenters. The summed E-state index contributed by atoms with van der Waals surface area (Å²) in [6.45, 7) is 0.960. The average molecular weight is 484 g/mol. The van der Waals surface area contributed by atoms with Gasteiger partial charge in [-0.2, -0.15) is 21.6 Å². The van der Waals surface area contributed by atoms with Gasteiger partial charge in [-0.3, -0.25) is 0 Å². The Morgan fingerprint density at radius 3 is 2.50 bits per heavy atom. The maximum atomic E-state index is 14.3. The highest BCUT2D eigenvalue weighted by Gasteiger charge is 2.48. The van der Waals surface area contributed by atoms with Crippen LogP contribution in [0.2, 0.25) is 0 Å². The number of amidine groups is 1. The lowest BCUT2D eigenvalue weighted by molar-refractivity contribution is -0.154. The van der Waals surface area contributed by atoms with Crippen molar-refractivity contribution in [1.29, 1.82) is 0 Å². The topological polar surface area (TPSA) is 73.8 Å². The standard InChI is InChI=1S/C19H22F6N4O2S/c1-9(17(21)22)26-12-4-5-29(15(8-12)19(23,24)25)13-6-11(20)7-14-16(13)27-18(10-2-3-10)28-32(14,30)31/h6-7,9-10,12,15,17,26H,2-5,8H2,1H3,(H,27,28)/t9-,12+,15-/m0/s1. The quantitative estimate of drug-likeness (QED) is 0.621. The number of alkyl halides is 5. The lowest BCUT2D eigenvalue weighted by atomic mass is 9.94. The number of rotatable bonds is 5. The van der Waals surface area contributed by atoms with Crippen LogP contribution in [0, 0.1) is 11.7 Å². The monoisotopic (exact) mass is 484 g/mol. The minimum atomic E-state index is -4.76. The lowest BCUT2D eigenvalue weighted by Gasteiger charge is -2.43. The number of benzene rings is 1. The van der Waals surface area contributed by atoms with E-state index in [1.165, 1.54) is 6.92 Å². The molecular formula is C19H22F6N4O2S. The summed E-state index contributed by atoms with van der Waals surface area (Å²) in [7, 11) is -4.29. The van der Waals surface area contributed by atoms with E-state index in [0.717, 1.165) is 17.0 Å². The number of sulfonamides is 1. The number of nitrogens with one attached hydrogen (secondary N) is 2. The van der Waals surface area contributed by atoms with Crippen LogP contribution < -0.4 is 15.5 Å². The average Bonchev–Trinajstić information content (AvgIpc) is 3.52. The number of anilines is 2. The molecule has 1 aromatic carbocycles. The largest absolute Gasteiger partial charge is 0.408 e. The molecule has 0 aromatic heterocycles. The molecule has 4 rings (SSSR count). The zero-order valence-electron chi connectivity index (χ0n) is 17.0. The van der Waals surface area contributed by atoms with E-state index in [4.69, 9.17) is 0 Å². The second kappa shape index (κ2) is 8.08. The molecule has 1 aliphatic carbocycles. The summed E-state index contributed by atoms with van der Waals surface area (Å²) in [6, 6.07) is -2.63. The summed E-state index contributed by atoms with van der Waals surface area (Å²) < 4.78 is 111. The Balaban J connectivity index is 1.71. The van der Waals surface area contributed by atoms with Gasteiger partial charge in [0, 0.05) is 18.5 Å². The first-order valence-corrected chi connectivity index (χ1v) is 11.6. The zero-order valence-corrected chi connectivity index (χ0v) is 17.8. The van der Waals surface area contributed by atoms with Crippen LogP contribution in [0.3, 0.4) is 0 Å². The SMILES string of the molecule is C[C@H](N[C@@H]1CCN(c2cc(F)cc3c2NC(C2CC2)=NS3(=O)=O)[C@H](C(F)(F)F)C1)C(F)F. The fourth-order valence-corrected chi connectivity index (χ4v) is 5.37. The molecule has 178 valence electrons. The Kier molecular flexibility index (Phi) is 5.85. The highest BCUT2D eigenvalue weighted by atomic mass is 32.2. The first kappa shape index (κ1) is 23.1. The van der Waals surface area contributed by atoms with Gasteiger partial charge in [-0.25, -0.2) is 13.2 Å². The molecule has 1 saturated heterocycles. The van der Waals surface area contributed by atoms with Gasteiger partial charge in [-0.1, -0.05) is 0 Å². The van der Waals surface area contributed by atoms with Gasteiger partial charge in [0.05, 0.1) is 17.4 Å². The van der Waals surface area contributed by atoms with Crippen molar-refractivity contribution in [2.75, 3.05) is 16.8 Å². The number of hydrogen-bond donors (Lipinski definition) is 2. The van der Waals surface area contributed by atoms with Gasteiger partial charge in [0.1, 0.15) is 22.6 Å². The molecule has 1 aromatic rings. The molecule has 2 N–H and O–H groups in total. The Morgan fingerprint density at radius 2 is 1.91 bits per heavy atom. The molecule has 0 bridgehead atoms. The third kappa shape index (κ3) is 4.54. The Hall–Kier alpha value is -2.02. The van der Waals surface area contributed by atoms with Crippen LogP contribution >= 0.6 is 0 Å². The van der Waals surface area contributed by atoms with Gasteiger partial charge in [-0.15, -0.1) is 4.40 Å². The molecule has 2 heterocycles. The van der Waals surface area contributed by atoms with Crippen LogP contribution in [0.25, 0.3) is 0 Å². The van der Waals surface area contributed by atoms with Crippen molar-refractivity contribution < 1.29 is 34.8 Å². The molecule has 13 heteroatoms. The first-order chi connectivity index (χ1) is 14.9. The Labute approximate surface area is 181 Å². The van der Waals surface area contributed by atoms with E-state index >= 15 is 0 Å². The minimum absolute atomic E-state index is 0.0885. The number of hydrogen-bond acceptors (Lipinski definition) is 5. The summed E-state index contributed by atoms with van der Waals surface area (Å²) in [4.78, 5) is 0.385. The van der Waals surface area contributed by atoms with Gasteiger partial charge in [-0.05, 0) is 44.7 Å². The van der Waals surface area contributed by atoms with Crippen molar-refractivity contribution >= 4 is 27.2 Å². The maximum Gasteiger partial charge on any atom is 0.408 e. The molecule has 0 spiro atoms. The van der Waals surface area contributed by atoms with Gasteiger partial charge < -0.3 is 15.5 Å². The Morgan fingerprint density at radius 1 is 1.22 bits per heavy atom. The highest BCUT2D eigenvalue weighted by Crippen LogP contribution is 2.44. The lowest BCUT2D eigenvalue weighted by Crippen LogP contribution is -2.56. The summed E-state index contributed by atoms with van der Waals surface area (Å²) in [6.07, 6.45) is -6.56. The van der Waals surface area contributed by atoms with E-state index in [2.05, 4.69) is 15.0 Å². The summed E-state index contributed by atoms with van der Waals surface area (Å²) in [5, 5.41) is 5.35. The number of nitrogens with zero attached hydrogens (tertiary/aromatic N) is 2. The van der Waals surface area contributed by atoms with Crippen LogP contribution in [-0.4, -0.2) is 51.5 Å². The van der Waals surface area contributed by atoms with Crippen molar-refractivity contribution in [3.05, 3.63) is 17.9 Å². The van der Waals surface area contributed by atoms with E-state index in [1.807, 2.05) is 0 Å². The summed E-state index contributed by atoms with van der Waals surface area (Å²) in [5.74, 6) is -1.02.